The van der Waals surface area contributed by atoms with Gasteiger partial charge in [-0.2, -0.15) is 0 Å². The highest BCUT2D eigenvalue weighted by atomic mass is 35.5. The normalized spacial score (nSPS) is 21.5. The molecule has 2 rings (SSSR count). The van der Waals surface area contributed by atoms with Gasteiger partial charge in [-0.15, -0.1) is 0 Å². The van der Waals surface area contributed by atoms with Gasteiger partial charge in [0.05, 0.1) is 6.54 Å². The minimum atomic E-state index is -1.49. The van der Waals surface area contributed by atoms with Gasteiger partial charge in [-0.05, 0) is 30.5 Å². The van der Waals surface area contributed by atoms with Gasteiger partial charge in [0, 0.05) is 32.1 Å². The molecule has 1 unspecified atom stereocenters. The van der Waals surface area contributed by atoms with Crippen LogP contribution in [0.5, 0.6) is 0 Å². The molecule has 1 N–H and O–H groups in total. The molecule has 22 heavy (non-hydrogen) atoms. The number of β-amino-alcohol motifs (C(OH)–C–C–N with tert-alkyl or cyclic N) is 1. The Hall–Kier alpha value is -1.59. The van der Waals surface area contributed by atoms with Crippen LogP contribution in [0.2, 0.25) is 5.02 Å². The summed E-state index contributed by atoms with van der Waals surface area (Å²) in [6.45, 7) is 2.49. The molecule has 2 amide bonds. The SMILES string of the molecule is CC(=O)N1CCCC(O)(C(=O)N(C)Cc2ccc(Cl)cc2)C1. The van der Waals surface area contributed by atoms with E-state index in [2.05, 4.69) is 0 Å². The van der Waals surface area contributed by atoms with Gasteiger partial charge in [0.25, 0.3) is 5.91 Å². The monoisotopic (exact) mass is 324 g/mol. The molecule has 1 aromatic carbocycles. The van der Waals surface area contributed by atoms with Crippen molar-refractivity contribution in [1.29, 1.82) is 0 Å². The number of benzene rings is 1. The van der Waals surface area contributed by atoms with Crippen LogP contribution in [0.15, 0.2) is 24.3 Å². The molecule has 0 bridgehead atoms. The van der Waals surface area contributed by atoms with Crippen LogP contribution in [-0.4, -0.2) is 52.5 Å². The van der Waals surface area contributed by atoms with E-state index in [1.807, 2.05) is 12.1 Å². The first-order chi connectivity index (χ1) is 10.3. The summed E-state index contributed by atoms with van der Waals surface area (Å²) in [6, 6.07) is 7.22. The van der Waals surface area contributed by atoms with E-state index in [1.54, 1.807) is 19.2 Å². The molecule has 120 valence electrons. The Labute approximate surface area is 135 Å². The smallest absolute Gasteiger partial charge is 0.256 e. The Kier molecular flexibility index (Phi) is 5.08. The first-order valence-corrected chi connectivity index (χ1v) is 7.67. The van der Waals surface area contributed by atoms with Crippen LogP contribution in [0.25, 0.3) is 0 Å². The van der Waals surface area contributed by atoms with E-state index in [0.717, 1.165) is 5.56 Å². The molecule has 0 aromatic heterocycles. The van der Waals surface area contributed by atoms with Crippen molar-refractivity contribution in [1.82, 2.24) is 9.80 Å². The fraction of sp³-hybridized carbons (Fsp3) is 0.500. The second-order valence-electron chi connectivity index (χ2n) is 5.86. The number of rotatable bonds is 3. The third-order valence-corrected chi connectivity index (χ3v) is 4.25. The zero-order valence-electron chi connectivity index (χ0n) is 12.9. The van der Waals surface area contributed by atoms with E-state index in [9.17, 15) is 14.7 Å². The summed E-state index contributed by atoms with van der Waals surface area (Å²) in [5.41, 5.74) is -0.562. The van der Waals surface area contributed by atoms with Crippen molar-refractivity contribution in [3.8, 4) is 0 Å². The lowest BCUT2D eigenvalue weighted by molar-refractivity contribution is -0.159. The van der Waals surface area contributed by atoms with Gasteiger partial charge in [0.15, 0.2) is 5.60 Å². The number of aliphatic hydroxyl groups is 1. The third-order valence-electron chi connectivity index (χ3n) is 3.99. The van der Waals surface area contributed by atoms with Crippen LogP contribution < -0.4 is 0 Å². The quantitative estimate of drug-likeness (QED) is 0.920. The van der Waals surface area contributed by atoms with Crippen molar-refractivity contribution in [3.63, 3.8) is 0 Å². The predicted molar refractivity (Wildman–Crippen MR) is 84.4 cm³/mol. The lowest BCUT2D eigenvalue weighted by Gasteiger charge is -2.39. The molecule has 1 aliphatic heterocycles. The van der Waals surface area contributed by atoms with Crippen molar-refractivity contribution in [3.05, 3.63) is 34.9 Å². The van der Waals surface area contributed by atoms with Crippen LogP contribution in [0, 0.1) is 0 Å². The van der Waals surface area contributed by atoms with Gasteiger partial charge in [-0.3, -0.25) is 9.59 Å². The standard InChI is InChI=1S/C16H21ClN2O3/c1-12(20)19-9-3-8-16(22,11-19)15(21)18(2)10-13-4-6-14(17)7-5-13/h4-7,22H,3,8-11H2,1-2H3. The first kappa shape index (κ1) is 16.8. The molecule has 1 aromatic rings. The van der Waals surface area contributed by atoms with Crippen LogP contribution >= 0.6 is 11.6 Å². The van der Waals surface area contributed by atoms with Gasteiger partial charge in [-0.1, -0.05) is 23.7 Å². The van der Waals surface area contributed by atoms with E-state index in [4.69, 9.17) is 11.6 Å². The van der Waals surface area contributed by atoms with Crippen molar-refractivity contribution >= 4 is 23.4 Å². The fourth-order valence-corrected chi connectivity index (χ4v) is 2.90. The van der Waals surface area contributed by atoms with Crippen LogP contribution in [0.4, 0.5) is 0 Å². The third kappa shape index (κ3) is 3.78. The number of halogens is 1. The summed E-state index contributed by atoms with van der Waals surface area (Å²) in [5, 5.41) is 11.3. The lowest BCUT2D eigenvalue weighted by Crippen LogP contribution is -2.58. The number of hydrogen-bond acceptors (Lipinski definition) is 3. The topological polar surface area (TPSA) is 60.9 Å². The Morgan fingerprint density at radius 1 is 1.36 bits per heavy atom. The molecule has 0 aliphatic carbocycles. The van der Waals surface area contributed by atoms with Crippen LogP contribution in [-0.2, 0) is 16.1 Å². The van der Waals surface area contributed by atoms with Crippen molar-refractivity contribution < 1.29 is 14.7 Å². The van der Waals surface area contributed by atoms with Crippen LogP contribution in [0.3, 0.4) is 0 Å². The number of likely N-dealkylation sites (tertiary alicyclic amines) is 1. The summed E-state index contributed by atoms with van der Waals surface area (Å²) in [5.74, 6) is -0.473. The number of hydrogen-bond donors (Lipinski definition) is 1. The van der Waals surface area contributed by atoms with Gasteiger partial charge in [-0.25, -0.2) is 0 Å². The Balaban J connectivity index is 2.05. The maximum Gasteiger partial charge on any atom is 0.256 e. The zero-order valence-corrected chi connectivity index (χ0v) is 13.6. The van der Waals surface area contributed by atoms with Crippen molar-refractivity contribution in [2.45, 2.75) is 31.9 Å². The maximum absolute atomic E-state index is 12.6. The molecule has 1 atom stereocenters. The molecule has 0 saturated carbocycles. The van der Waals surface area contributed by atoms with E-state index in [1.165, 1.54) is 16.7 Å². The molecular weight excluding hydrogens is 304 g/mol. The fourth-order valence-electron chi connectivity index (χ4n) is 2.77. The summed E-state index contributed by atoms with van der Waals surface area (Å²) in [6.07, 6.45) is 0.997. The lowest BCUT2D eigenvalue weighted by atomic mass is 9.91. The Morgan fingerprint density at radius 2 is 2.00 bits per heavy atom. The molecular formula is C16H21ClN2O3. The Morgan fingerprint density at radius 3 is 2.59 bits per heavy atom. The molecule has 1 fully saturated rings. The molecule has 0 spiro atoms. The molecule has 1 heterocycles. The van der Waals surface area contributed by atoms with Gasteiger partial charge in [0.2, 0.25) is 5.91 Å². The molecule has 6 heteroatoms. The number of carbonyl (C=O) groups is 2. The van der Waals surface area contributed by atoms with E-state index >= 15 is 0 Å². The number of carbonyl (C=O) groups excluding carboxylic acids is 2. The first-order valence-electron chi connectivity index (χ1n) is 7.30. The minimum absolute atomic E-state index is 0.0616. The summed E-state index contributed by atoms with van der Waals surface area (Å²) < 4.78 is 0. The van der Waals surface area contributed by atoms with Crippen molar-refractivity contribution in [2.75, 3.05) is 20.1 Å². The van der Waals surface area contributed by atoms with E-state index in [-0.39, 0.29) is 18.4 Å². The summed E-state index contributed by atoms with van der Waals surface area (Å²) in [7, 11) is 1.65. The van der Waals surface area contributed by atoms with E-state index < -0.39 is 5.60 Å². The second-order valence-corrected chi connectivity index (χ2v) is 6.30. The molecule has 5 nitrogen and oxygen atoms in total. The largest absolute Gasteiger partial charge is 0.378 e. The molecule has 0 radical (unpaired) electrons. The van der Waals surface area contributed by atoms with Gasteiger partial charge < -0.3 is 14.9 Å². The highest BCUT2D eigenvalue weighted by Crippen LogP contribution is 2.24. The molecule has 1 aliphatic rings. The van der Waals surface area contributed by atoms with E-state index in [0.29, 0.717) is 31.0 Å². The number of nitrogens with zero attached hydrogens (tertiary/aromatic N) is 2. The number of amides is 2. The highest BCUT2D eigenvalue weighted by Gasteiger charge is 2.42. The summed E-state index contributed by atoms with van der Waals surface area (Å²) >= 11 is 5.84. The van der Waals surface area contributed by atoms with Crippen LogP contribution in [0.1, 0.15) is 25.3 Å². The number of piperidine rings is 1. The second kappa shape index (κ2) is 6.67. The maximum atomic E-state index is 12.6. The highest BCUT2D eigenvalue weighted by molar-refractivity contribution is 6.30. The van der Waals surface area contributed by atoms with Gasteiger partial charge in [0.1, 0.15) is 0 Å². The minimum Gasteiger partial charge on any atom is -0.378 e. The average molecular weight is 325 g/mol. The van der Waals surface area contributed by atoms with Gasteiger partial charge >= 0.3 is 0 Å². The zero-order chi connectivity index (χ0) is 16.3. The average Bonchev–Trinajstić information content (AvgIpc) is 2.48. The Bertz CT molecular complexity index is 561. The summed E-state index contributed by atoms with van der Waals surface area (Å²) in [4.78, 5) is 27.1. The van der Waals surface area contributed by atoms with Crippen molar-refractivity contribution in [2.24, 2.45) is 0 Å². The number of likely N-dealkylation sites (N-methyl/N-ethyl adjacent to an activating group) is 1. The molecule has 1 saturated heterocycles. The predicted octanol–water partition coefficient (Wildman–Crippen LogP) is 1.67.